The van der Waals surface area contributed by atoms with Gasteiger partial charge in [0.2, 0.25) is 5.91 Å². The number of hydrogen-bond donors (Lipinski definition) is 1. The summed E-state index contributed by atoms with van der Waals surface area (Å²) in [5.74, 6) is 1.76. The highest BCUT2D eigenvalue weighted by molar-refractivity contribution is 5.81. The van der Waals surface area contributed by atoms with Crippen molar-refractivity contribution in [1.82, 2.24) is 4.90 Å². The second-order valence-electron chi connectivity index (χ2n) is 5.10. The molecule has 0 fully saturated rings. The van der Waals surface area contributed by atoms with Gasteiger partial charge in [-0.15, -0.1) is 0 Å². The summed E-state index contributed by atoms with van der Waals surface area (Å²) in [6.07, 6.45) is 0.688. The lowest BCUT2D eigenvalue weighted by molar-refractivity contribution is -0.140. The van der Waals surface area contributed by atoms with Crippen molar-refractivity contribution in [2.24, 2.45) is 11.1 Å². The molecule has 4 nitrogen and oxygen atoms in total. The molecule has 0 unspecified atom stereocenters. The van der Waals surface area contributed by atoms with E-state index in [4.69, 9.17) is 10.2 Å². The Morgan fingerprint density at radius 2 is 2.12 bits per heavy atom. The third kappa shape index (κ3) is 3.60. The number of carbonyl (C=O) groups excluding carboxylic acids is 1. The highest BCUT2D eigenvalue weighted by Crippen LogP contribution is 2.23. The van der Waals surface area contributed by atoms with E-state index in [0.717, 1.165) is 11.5 Å². The molecule has 0 atom stereocenters. The Morgan fingerprint density at radius 1 is 1.47 bits per heavy atom. The van der Waals surface area contributed by atoms with Crippen molar-refractivity contribution in [1.29, 1.82) is 0 Å². The predicted molar refractivity (Wildman–Crippen MR) is 67.4 cm³/mol. The van der Waals surface area contributed by atoms with Gasteiger partial charge in [0.15, 0.2) is 0 Å². The Kier molecular flexibility index (Phi) is 4.34. The van der Waals surface area contributed by atoms with Gasteiger partial charge >= 0.3 is 0 Å². The van der Waals surface area contributed by atoms with Crippen LogP contribution in [0.3, 0.4) is 0 Å². The van der Waals surface area contributed by atoms with E-state index in [1.807, 2.05) is 32.9 Å². The highest BCUT2D eigenvalue weighted by Gasteiger charge is 2.29. The fraction of sp³-hybridized carbons (Fsp3) is 0.615. The van der Waals surface area contributed by atoms with Crippen molar-refractivity contribution >= 4 is 5.91 Å². The molecular weight excluding hydrogens is 216 g/mol. The lowest BCUT2D eigenvalue weighted by Gasteiger charge is -2.28. The number of amides is 1. The van der Waals surface area contributed by atoms with Gasteiger partial charge in [-0.25, -0.2) is 0 Å². The van der Waals surface area contributed by atoms with Crippen LogP contribution < -0.4 is 5.73 Å². The van der Waals surface area contributed by atoms with Crippen molar-refractivity contribution in [3.05, 3.63) is 23.7 Å². The SMILES string of the molecule is Cc1ccc(CN(C)C(=O)C(C)(C)CCN)o1. The van der Waals surface area contributed by atoms with Gasteiger partial charge in [-0.1, -0.05) is 13.8 Å². The quantitative estimate of drug-likeness (QED) is 0.852. The van der Waals surface area contributed by atoms with E-state index in [2.05, 4.69) is 0 Å². The normalized spacial score (nSPS) is 11.6. The molecule has 0 aromatic carbocycles. The number of carbonyl (C=O) groups is 1. The number of hydrogen-bond acceptors (Lipinski definition) is 3. The Bertz CT molecular complexity index is 383. The molecule has 0 saturated heterocycles. The minimum Gasteiger partial charge on any atom is -0.464 e. The van der Waals surface area contributed by atoms with Crippen LogP contribution in [-0.2, 0) is 11.3 Å². The van der Waals surface area contributed by atoms with Crippen LogP contribution in [0.15, 0.2) is 16.5 Å². The summed E-state index contributed by atoms with van der Waals surface area (Å²) < 4.78 is 5.46. The first-order chi connectivity index (χ1) is 7.86. The molecule has 0 aliphatic carbocycles. The Labute approximate surface area is 103 Å². The Balaban J connectivity index is 2.64. The van der Waals surface area contributed by atoms with Gasteiger partial charge in [0.25, 0.3) is 0 Å². The van der Waals surface area contributed by atoms with Gasteiger partial charge in [-0.2, -0.15) is 0 Å². The van der Waals surface area contributed by atoms with E-state index < -0.39 is 5.41 Å². The molecule has 2 N–H and O–H groups in total. The van der Waals surface area contributed by atoms with Gasteiger partial charge in [0, 0.05) is 12.5 Å². The number of aryl methyl sites for hydroxylation is 1. The van der Waals surface area contributed by atoms with Crippen LogP contribution in [0.1, 0.15) is 31.8 Å². The summed E-state index contributed by atoms with van der Waals surface area (Å²) in [7, 11) is 1.79. The molecule has 0 aliphatic rings. The average Bonchev–Trinajstić information content (AvgIpc) is 2.62. The van der Waals surface area contributed by atoms with Crippen molar-refractivity contribution in [3.8, 4) is 0 Å². The van der Waals surface area contributed by atoms with Gasteiger partial charge in [0.05, 0.1) is 6.54 Å². The molecule has 0 bridgehead atoms. The smallest absolute Gasteiger partial charge is 0.228 e. The average molecular weight is 238 g/mol. The maximum Gasteiger partial charge on any atom is 0.228 e. The summed E-state index contributed by atoms with van der Waals surface area (Å²) in [6.45, 7) is 6.76. The Hall–Kier alpha value is -1.29. The first kappa shape index (κ1) is 13.8. The summed E-state index contributed by atoms with van der Waals surface area (Å²) in [5.41, 5.74) is 5.11. The van der Waals surface area contributed by atoms with Crippen LogP contribution in [0.4, 0.5) is 0 Å². The summed E-state index contributed by atoms with van der Waals surface area (Å²) in [5, 5.41) is 0. The third-order valence-electron chi connectivity index (χ3n) is 2.88. The second kappa shape index (κ2) is 5.36. The molecular formula is C13H22N2O2. The topological polar surface area (TPSA) is 59.5 Å². The third-order valence-corrected chi connectivity index (χ3v) is 2.88. The molecule has 1 heterocycles. The second-order valence-corrected chi connectivity index (χ2v) is 5.10. The van der Waals surface area contributed by atoms with Crippen LogP contribution in [0.25, 0.3) is 0 Å². The number of rotatable bonds is 5. The van der Waals surface area contributed by atoms with Crippen LogP contribution in [0.5, 0.6) is 0 Å². The lowest BCUT2D eigenvalue weighted by Crippen LogP contribution is -2.39. The molecule has 17 heavy (non-hydrogen) atoms. The molecule has 0 radical (unpaired) electrons. The molecule has 0 saturated carbocycles. The minimum absolute atomic E-state index is 0.0944. The zero-order valence-corrected chi connectivity index (χ0v) is 11.1. The molecule has 0 aliphatic heterocycles. The van der Waals surface area contributed by atoms with E-state index in [-0.39, 0.29) is 5.91 Å². The van der Waals surface area contributed by atoms with E-state index in [0.29, 0.717) is 19.5 Å². The fourth-order valence-corrected chi connectivity index (χ4v) is 1.86. The van der Waals surface area contributed by atoms with Crippen LogP contribution in [-0.4, -0.2) is 24.4 Å². The number of nitrogens with zero attached hydrogens (tertiary/aromatic N) is 1. The fourth-order valence-electron chi connectivity index (χ4n) is 1.86. The van der Waals surface area contributed by atoms with Crippen LogP contribution in [0.2, 0.25) is 0 Å². The van der Waals surface area contributed by atoms with E-state index in [1.54, 1.807) is 11.9 Å². The van der Waals surface area contributed by atoms with E-state index in [9.17, 15) is 4.79 Å². The number of furan rings is 1. The molecule has 1 aromatic rings. The van der Waals surface area contributed by atoms with Crippen molar-refractivity contribution in [3.63, 3.8) is 0 Å². The number of nitrogens with two attached hydrogens (primary N) is 1. The van der Waals surface area contributed by atoms with E-state index in [1.165, 1.54) is 0 Å². The molecule has 1 aromatic heterocycles. The summed E-state index contributed by atoms with van der Waals surface area (Å²) in [4.78, 5) is 13.9. The first-order valence-electron chi connectivity index (χ1n) is 5.88. The lowest BCUT2D eigenvalue weighted by atomic mass is 9.88. The molecule has 4 heteroatoms. The van der Waals surface area contributed by atoms with Crippen molar-refractivity contribution in [2.45, 2.75) is 33.7 Å². The summed E-state index contributed by atoms with van der Waals surface area (Å²) in [6, 6.07) is 3.80. The predicted octanol–water partition coefficient (Wildman–Crippen LogP) is 1.92. The van der Waals surface area contributed by atoms with Gasteiger partial charge in [-0.05, 0) is 32.0 Å². The van der Waals surface area contributed by atoms with Gasteiger partial charge in [-0.3, -0.25) is 4.79 Å². The van der Waals surface area contributed by atoms with Gasteiger partial charge < -0.3 is 15.1 Å². The largest absolute Gasteiger partial charge is 0.464 e. The monoisotopic (exact) mass is 238 g/mol. The Morgan fingerprint density at radius 3 is 2.59 bits per heavy atom. The van der Waals surface area contributed by atoms with Crippen molar-refractivity contribution in [2.75, 3.05) is 13.6 Å². The standard InChI is InChI=1S/C13H22N2O2/c1-10-5-6-11(17-10)9-15(4)12(16)13(2,3)7-8-14/h5-6H,7-9,14H2,1-4H3. The molecule has 0 spiro atoms. The van der Waals surface area contributed by atoms with Crippen LogP contribution >= 0.6 is 0 Å². The van der Waals surface area contributed by atoms with E-state index >= 15 is 0 Å². The summed E-state index contributed by atoms with van der Waals surface area (Å²) >= 11 is 0. The maximum absolute atomic E-state index is 12.2. The minimum atomic E-state index is -0.412. The molecule has 96 valence electrons. The first-order valence-corrected chi connectivity index (χ1v) is 5.88. The van der Waals surface area contributed by atoms with Crippen molar-refractivity contribution < 1.29 is 9.21 Å². The van der Waals surface area contributed by atoms with Gasteiger partial charge in [0.1, 0.15) is 11.5 Å². The molecule has 1 amide bonds. The zero-order valence-electron chi connectivity index (χ0n) is 11.1. The zero-order chi connectivity index (χ0) is 13.1. The van der Waals surface area contributed by atoms with Crippen LogP contribution in [0, 0.1) is 12.3 Å². The molecule has 1 rings (SSSR count). The maximum atomic E-state index is 12.2. The highest BCUT2D eigenvalue weighted by atomic mass is 16.3.